The van der Waals surface area contributed by atoms with Crippen LogP contribution in [0.5, 0.6) is 5.75 Å². The number of ether oxygens (including phenoxy) is 1. The lowest BCUT2D eigenvalue weighted by atomic mass is 10.1. The second-order valence-electron chi connectivity index (χ2n) is 6.81. The molecule has 0 aliphatic rings. The topological polar surface area (TPSA) is 38.3 Å². The normalized spacial score (nSPS) is 11.6. The zero-order chi connectivity index (χ0) is 19.8. The minimum Gasteiger partial charge on any atom is -0.488 e. The third-order valence-electron chi connectivity index (χ3n) is 4.53. The Morgan fingerprint density at radius 2 is 1.61 bits per heavy atom. The lowest BCUT2D eigenvalue weighted by molar-refractivity contribution is 0.0934. The highest BCUT2D eigenvalue weighted by molar-refractivity contribution is 5.97. The Kier molecular flexibility index (Phi) is 6.79. The quantitative estimate of drug-likeness (QED) is 0.589. The van der Waals surface area contributed by atoms with E-state index >= 15 is 0 Å². The number of hydrogen-bond acceptors (Lipinski definition) is 2. The molecule has 0 aliphatic heterocycles. The monoisotopic (exact) mass is 377 g/mol. The highest BCUT2D eigenvalue weighted by Gasteiger charge is 2.14. The number of benzene rings is 3. The summed E-state index contributed by atoms with van der Waals surface area (Å²) in [7, 11) is 0. The van der Waals surface area contributed by atoms with Crippen LogP contribution in [0.15, 0.2) is 78.9 Å². The van der Waals surface area contributed by atoms with E-state index in [9.17, 15) is 9.18 Å². The van der Waals surface area contributed by atoms with Crippen LogP contribution in [0.1, 0.15) is 34.8 Å². The molecule has 0 radical (unpaired) electrons. The standard InChI is InChI=1S/C24H24FNO2/c1-18(11-12-19-7-3-2-4-8-19)26-24(27)22-9-5-6-10-23(22)28-17-20-13-15-21(25)16-14-20/h2-10,13-16,18H,11-12,17H2,1H3,(H,26,27)/t18-/m0/s1. The number of amides is 1. The molecular weight excluding hydrogens is 353 g/mol. The van der Waals surface area contributed by atoms with E-state index in [4.69, 9.17) is 4.74 Å². The van der Waals surface area contributed by atoms with Crippen LogP contribution in [-0.2, 0) is 13.0 Å². The predicted molar refractivity (Wildman–Crippen MR) is 109 cm³/mol. The van der Waals surface area contributed by atoms with Crippen molar-refractivity contribution in [1.29, 1.82) is 0 Å². The van der Waals surface area contributed by atoms with Crippen LogP contribution < -0.4 is 10.1 Å². The maximum absolute atomic E-state index is 13.0. The van der Waals surface area contributed by atoms with Crippen molar-refractivity contribution in [3.8, 4) is 5.75 Å². The maximum Gasteiger partial charge on any atom is 0.255 e. The number of carbonyl (C=O) groups is 1. The van der Waals surface area contributed by atoms with Crippen LogP contribution in [0.3, 0.4) is 0 Å². The van der Waals surface area contributed by atoms with Gasteiger partial charge in [-0.2, -0.15) is 0 Å². The molecule has 4 heteroatoms. The van der Waals surface area contributed by atoms with Gasteiger partial charge in [-0.25, -0.2) is 4.39 Å². The molecule has 1 N–H and O–H groups in total. The van der Waals surface area contributed by atoms with Crippen molar-refractivity contribution in [3.05, 3.63) is 101 Å². The summed E-state index contributed by atoms with van der Waals surface area (Å²) in [6.45, 7) is 2.27. The molecular formula is C24H24FNO2. The molecule has 3 nitrogen and oxygen atoms in total. The molecule has 28 heavy (non-hydrogen) atoms. The fourth-order valence-electron chi connectivity index (χ4n) is 2.92. The summed E-state index contributed by atoms with van der Waals surface area (Å²) in [6, 6.07) is 23.6. The van der Waals surface area contributed by atoms with Crippen LogP contribution in [-0.4, -0.2) is 11.9 Å². The summed E-state index contributed by atoms with van der Waals surface area (Å²) >= 11 is 0. The summed E-state index contributed by atoms with van der Waals surface area (Å²) in [5, 5.41) is 3.04. The Morgan fingerprint density at radius 3 is 2.36 bits per heavy atom. The van der Waals surface area contributed by atoms with Crippen molar-refractivity contribution < 1.29 is 13.9 Å². The molecule has 0 aliphatic carbocycles. The van der Waals surface area contributed by atoms with Crippen LogP contribution in [0.25, 0.3) is 0 Å². The Bertz CT molecular complexity index is 894. The highest BCUT2D eigenvalue weighted by atomic mass is 19.1. The zero-order valence-electron chi connectivity index (χ0n) is 15.9. The first-order chi connectivity index (χ1) is 13.6. The molecule has 0 spiro atoms. The minimum atomic E-state index is -0.284. The zero-order valence-corrected chi connectivity index (χ0v) is 15.9. The third kappa shape index (κ3) is 5.68. The maximum atomic E-state index is 13.0. The van der Waals surface area contributed by atoms with Crippen molar-refractivity contribution in [2.45, 2.75) is 32.4 Å². The van der Waals surface area contributed by atoms with Crippen molar-refractivity contribution >= 4 is 5.91 Å². The van der Waals surface area contributed by atoms with Crippen molar-refractivity contribution in [3.63, 3.8) is 0 Å². The molecule has 3 aromatic carbocycles. The van der Waals surface area contributed by atoms with Crippen molar-refractivity contribution in [2.24, 2.45) is 0 Å². The Balaban J connectivity index is 1.57. The number of aryl methyl sites for hydroxylation is 1. The van der Waals surface area contributed by atoms with Gasteiger partial charge in [0, 0.05) is 6.04 Å². The Labute approximate surface area is 165 Å². The molecule has 0 fully saturated rings. The van der Waals surface area contributed by atoms with E-state index < -0.39 is 0 Å². The molecule has 0 saturated carbocycles. The van der Waals surface area contributed by atoms with E-state index in [1.807, 2.05) is 37.3 Å². The van der Waals surface area contributed by atoms with Gasteiger partial charge in [0.25, 0.3) is 5.91 Å². The van der Waals surface area contributed by atoms with Crippen molar-refractivity contribution in [1.82, 2.24) is 5.32 Å². The molecule has 1 amide bonds. The van der Waals surface area contributed by atoms with E-state index in [1.165, 1.54) is 17.7 Å². The summed E-state index contributed by atoms with van der Waals surface area (Å²) in [6.07, 6.45) is 1.76. The first kappa shape index (κ1) is 19.6. The first-order valence-electron chi connectivity index (χ1n) is 9.43. The number of carbonyl (C=O) groups excluding carboxylic acids is 1. The predicted octanol–water partition coefficient (Wildman–Crippen LogP) is 5.16. The molecule has 3 aromatic rings. The van der Waals surface area contributed by atoms with Gasteiger partial charge in [-0.05, 0) is 55.2 Å². The Morgan fingerprint density at radius 1 is 0.929 bits per heavy atom. The van der Waals surface area contributed by atoms with E-state index in [-0.39, 0.29) is 24.4 Å². The molecule has 0 saturated heterocycles. The number of halogens is 1. The second kappa shape index (κ2) is 9.70. The molecule has 144 valence electrons. The summed E-state index contributed by atoms with van der Waals surface area (Å²) in [5.41, 5.74) is 2.59. The van der Waals surface area contributed by atoms with Gasteiger partial charge >= 0.3 is 0 Å². The Hall–Kier alpha value is -3.14. The molecule has 3 rings (SSSR count). The summed E-state index contributed by atoms with van der Waals surface area (Å²) in [4.78, 5) is 12.7. The van der Waals surface area contributed by atoms with E-state index in [0.29, 0.717) is 11.3 Å². The number of rotatable bonds is 8. The number of para-hydroxylation sites is 1. The fraction of sp³-hybridized carbons (Fsp3) is 0.208. The van der Waals surface area contributed by atoms with Gasteiger partial charge in [-0.15, -0.1) is 0 Å². The summed E-state index contributed by atoms with van der Waals surface area (Å²) < 4.78 is 18.8. The lowest BCUT2D eigenvalue weighted by Crippen LogP contribution is -2.33. The number of hydrogen-bond donors (Lipinski definition) is 1. The minimum absolute atomic E-state index is 0.0397. The molecule has 0 aromatic heterocycles. The van der Waals surface area contributed by atoms with Crippen molar-refractivity contribution in [2.75, 3.05) is 0 Å². The van der Waals surface area contributed by atoms with Crippen LogP contribution >= 0.6 is 0 Å². The molecule has 0 unspecified atom stereocenters. The van der Waals surface area contributed by atoms with Gasteiger partial charge in [0.1, 0.15) is 18.2 Å². The van der Waals surface area contributed by atoms with E-state index in [2.05, 4.69) is 17.4 Å². The van der Waals surface area contributed by atoms with Gasteiger partial charge in [0.2, 0.25) is 0 Å². The smallest absolute Gasteiger partial charge is 0.255 e. The number of nitrogens with one attached hydrogen (secondary N) is 1. The average molecular weight is 377 g/mol. The SMILES string of the molecule is C[C@@H](CCc1ccccc1)NC(=O)c1ccccc1OCc1ccc(F)cc1. The second-order valence-corrected chi connectivity index (χ2v) is 6.81. The van der Waals surface area contributed by atoms with Gasteiger partial charge in [-0.3, -0.25) is 4.79 Å². The van der Waals surface area contributed by atoms with Gasteiger partial charge in [-0.1, -0.05) is 54.6 Å². The van der Waals surface area contributed by atoms with E-state index in [0.717, 1.165) is 18.4 Å². The highest BCUT2D eigenvalue weighted by Crippen LogP contribution is 2.20. The third-order valence-corrected chi connectivity index (χ3v) is 4.53. The van der Waals surface area contributed by atoms with Gasteiger partial charge in [0.15, 0.2) is 0 Å². The van der Waals surface area contributed by atoms with Crippen LogP contribution in [0.2, 0.25) is 0 Å². The average Bonchev–Trinajstić information content (AvgIpc) is 2.73. The summed E-state index contributed by atoms with van der Waals surface area (Å²) in [5.74, 6) is 0.0721. The van der Waals surface area contributed by atoms with Gasteiger partial charge in [0.05, 0.1) is 5.56 Å². The fourth-order valence-corrected chi connectivity index (χ4v) is 2.92. The van der Waals surface area contributed by atoms with Gasteiger partial charge < -0.3 is 10.1 Å². The molecule has 1 atom stereocenters. The van der Waals surface area contributed by atoms with Crippen LogP contribution in [0.4, 0.5) is 4.39 Å². The largest absolute Gasteiger partial charge is 0.488 e. The lowest BCUT2D eigenvalue weighted by Gasteiger charge is -2.16. The molecule has 0 heterocycles. The molecule has 0 bridgehead atoms. The van der Waals surface area contributed by atoms with E-state index in [1.54, 1.807) is 24.3 Å². The van der Waals surface area contributed by atoms with Crippen LogP contribution in [0, 0.1) is 5.82 Å². The first-order valence-corrected chi connectivity index (χ1v) is 9.43.